The number of nitrogens with two attached hydrogens (primary N) is 1. The third-order valence-electron chi connectivity index (χ3n) is 2.06. The summed E-state index contributed by atoms with van der Waals surface area (Å²) >= 11 is 1.33. The molecule has 0 saturated heterocycles. The van der Waals surface area contributed by atoms with E-state index in [4.69, 9.17) is 5.73 Å². The molecule has 82 valence electrons. The van der Waals surface area contributed by atoms with Gasteiger partial charge >= 0.3 is 0 Å². The molecule has 1 aromatic carbocycles. The average Bonchev–Trinajstić information content (AvgIpc) is 2.26. The molecule has 0 aromatic heterocycles. The van der Waals surface area contributed by atoms with Gasteiger partial charge in [0.05, 0.1) is 0 Å². The first-order valence-corrected chi connectivity index (χ1v) is 6.10. The minimum absolute atomic E-state index is 0.248. The first-order valence-electron chi connectivity index (χ1n) is 5.28. The Hall–Kier alpha value is -0.800. The smallest absolute Gasteiger partial charge is 0.193 e. The second-order valence-electron chi connectivity index (χ2n) is 3.39. The lowest BCUT2D eigenvalue weighted by Crippen LogP contribution is -1.98. The molecular weight excluding hydrogens is 206 g/mol. The van der Waals surface area contributed by atoms with E-state index in [0.717, 1.165) is 30.7 Å². The summed E-state index contributed by atoms with van der Waals surface area (Å²) in [4.78, 5) is 12.5. The fourth-order valence-electron chi connectivity index (χ4n) is 1.26. The summed E-state index contributed by atoms with van der Waals surface area (Å²) in [5.74, 6) is 0. The second kappa shape index (κ2) is 7.49. The van der Waals surface area contributed by atoms with E-state index in [1.807, 2.05) is 30.3 Å². The molecule has 2 N–H and O–H groups in total. The Morgan fingerprint density at radius 1 is 1.13 bits per heavy atom. The number of thioether (sulfide) groups is 1. The molecule has 0 aliphatic rings. The van der Waals surface area contributed by atoms with Gasteiger partial charge in [-0.1, -0.05) is 36.4 Å². The lowest BCUT2D eigenvalue weighted by molar-refractivity contribution is -0.111. The van der Waals surface area contributed by atoms with Crippen LogP contribution in [0.3, 0.4) is 0 Å². The number of carbonyl (C=O) groups excluding carboxylic acids is 1. The highest BCUT2D eigenvalue weighted by Gasteiger charge is 2.03. The van der Waals surface area contributed by atoms with Crippen molar-refractivity contribution in [3.63, 3.8) is 0 Å². The molecule has 0 spiro atoms. The minimum Gasteiger partial charge on any atom is -0.330 e. The van der Waals surface area contributed by atoms with E-state index in [-0.39, 0.29) is 5.12 Å². The van der Waals surface area contributed by atoms with Crippen molar-refractivity contribution < 1.29 is 4.79 Å². The molecule has 3 heteroatoms. The summed E-state index contributed by atoms with van der Waals surface area (Å²) in [7, 11) is 0. The lowest BCUT2D eigenvalue weighted by atomic mass is 10.2. The molecule has 0 amide bonds. The molecule has 0 bridgehead atoms. The third-order valence-corrected chi connectivity index (χ3v) is 3.00. The summed E-state index contributed by atoms with van der Waals surface area (Å²) in [5.41, 5.74) is 5.38. The SMILES string of the molecule is NCCCCCC(=O)Sc1ccccc1. The maximum atomic E-state index is 11.5. The Bertz CT molecular complexity index is 287. The monoisotopic (exact) mass is 223 g/mol. The van der Waals surface area contributed by atoms with Crippen LogP contribution in [0.4, 0.5) is 0 Å². The van der Waals surface area contributed by atoms with Crippen molar-refractivity contribution in [2.45, 2.75) is 30.6 Å². The molecule has 0 heterocycles. The first-order chi connectivity index (χ1) is 7.33. The van der Waals surface area contributed by atoms with Crippen LogP contribution in [0.15, 0.2) is 35.2 Å². The summed E-state index contributed by atoms with van der Waals surface area (Å²) in [6.45, 7) is 0.722. The minimum atomic E-state index is 0.248. The van der Waals surface area contributed by atoms with E-state index in [1.54, 1.807) is 0 Å². The van der Waals surface area contributed by atoms with E-state index in [1.165, 1.54) is 11.8 Å². The van der Waals surface area contributed by atoms with Crippen LogP contribution in [0.5, 0.6) is 0 Å². The Balaban J connectivity index is 2.19. The fraction of sp³-hybridized carbons (Fsp3) is 0.417. The molecule has 0 aliphatic heterocycles. The van der Waals surface area contributed by atoms with Crippen molar-refractivity contribution in [1.29, 1.82) is 0 Å². The van der Waals surface area contributed by atoms with Crippen molar-refractivity contribution in [3.05, 3.63) is 30.3 Å². The summed E-state index contributed by atoms with van der Waals surface area (Å²) < 4.78 is 0. The quantitative estimate of drug-likeness (QED) is 0.595. The molecule has 2 nitrogen and oxygen atoms in total. The Kier molecular flexibility index (Phi) is 6.12. The zero-order valence-electron chi connectivity index (χ0n) is 8.82. The second-order valence-corrected chi connectivity index (χ2v) is 4.52. The molecule has 15 heavy (non-hydrogen) atoms. The maximum Gasteiger partial charge on any atom is 0.193 e. The molecule has 1 rings (SSSR count). The van der Waals surface area contributed by atoms with Crippen LogP contribution in [-0.2, 0) is 4.79 Å². The van der Waals surface area contributed by atoms with Gasteiger partial charge in [0.25, 0.3) is 0 Å². The standard InChI is InChI=1S/C12H17NOS/c13-10-6-2-5-9-12(14)15-11-7-3-1-4-8-11/h1,3-4,7-8H,2,5-6,9-10,13H2. The van der Waals surface area contributed by atoms with Crippen molar-refractivity contribution >= 4 is 16.9 Å². The Morgan fingerprint density at radius 3 is 2.53 bits per heavy atom. The predicted octanol–water partition coefficient (Wildman–Crippen LogP) is 2.82. The van der Waals surface area contributed by atoms with Crippen LogP contribution >= 0.6 is 11.8 Å². The number of hydrogen-bond acceptors (Lipinski definition) is 3. The van der Waals surface area contributed by atoms with Crippen LogP contribution in [-0.4, -0.2) is 11.7 Å². The highest BCUT2D eigenvalue weighted by molar-refractivity contribution is 8.13. The van der Waals surface area contributed by atoms with Crippen molar-refractivity contribution in [3.8, 4) is 0 Å². The van der Waals surface area contributed by atoms with Crippen molar-refractivity contribution in [1.82, 2.24) is 0 Å². The third kappa shape index (κ3) is 5.60. The first kappa shape index (κ1) is 12.3. The molecule has 1 aromatic rings. The van der Waals surface area contributed by atoms with E-state index in [9.17, 15) is 4.79 Å². The van der Waals surface area contributed by atoms with Crippen LogP contribution in [0.1, 0.15) is 25.7 Å². The number of rotatable bonds is 6. The molecule has 0 radical (unpaired) electrons. The van der Waals surface area contributed by atoms with Gasteiger partial charge in [-0.05, 0) is 31.5 Å². The number of unbranched alkanes of at least 4 members (excludes halogenated alkanes) is 2. The molecular formula is C12H17NOS. The van der Waals surface area contributed by atoms with Gasteiger partial charge in [-0.3, -0.25) is 4.79 Å². The van der Waals surface area contributed by atoms with E-state index in [0.29, 0.717) is 6.42 Å². The van der Waals surface area contributed by atoms with Gasteiger partial charge in [-0.25, -0.2) is 0 Å². The predicted molar refractivity (Wildman–Crippen MR) is 64.8 cm³/mol. The summed E-state index contributed by atoms with van der Waals surface area (Å²) in [6.07, 6.45) is 3.68. The maximum absolute atomic E-state index is 11.5. The highest BCUT2D eigenvalue weighted by atomic mass is 32.2. The summed E-state index contributed by atoms with van der Waals surface area (Å²) in [5, 5.41) is 0.248. The number of benzene rings is 1. The molecule has 0 unspecified atom stereocenters. The van der Waals surface area contributed by atoms with E-state index in [2.05, 4.69) is 0 Å². The molecule has 0 aliphatic carbocycles. The van der Waals surface area contributed by atoms with Crippen molar-refractivity contribution in [2.24, 2.45) is 5.73 Å². The van der Waals surface area contributed by atoms with Gasteiger partial charge in [-0.2, -0.15) is 0 Å². The van der Waals surface area contributed by atoms with Gasteiger partial charge in [0.2, 0.25) is 0 Å². The number of carbonyl (C=O) groups is 1. The van der Waals surface area contributed by atoms with Crippen LogP contribution < -0.4 is 5.73 Å². The summed E-state index contributed by atoms with van der Waals surface area (Å²) in [6, 6.07) is 9.77. The zero-order chi connectivity index (χ0) is 10.9. The van der Waals surface area contributed by atoms with Crippen LogP contribution in [0.2, 0.25) is 0 Å². The lowest BCUT2D eigenvalue weighted by Gasteiger charge is -2.00. The fourth-order valence-corrected chi connectivity index (χ4v) is 2.06. The zero-order valence-corrected chi connectivity index (χ0v) is 9.63. The van der Waals surface area contributed by atoms with Gasteiger partial charge < -0.3 is 5.73 Å². The number of hydrogen-bond donors (Lipinski definition) is 1. The van der Waals surface area contributed by atoms with Gasteiger partial charge in [0.1, 0.15) is 0 Å². The largest absolute Gasteiger partial charge is 0.330 e. The highest BCUT2D eigenvalue weighted by Crippen LogP contribution is 2.20. The van der Waals surface area contributed by atoms with Gasteiger partial charge in [-0.15, -0.1) is 0 Å². The van der Waals surface area contributed by atoms with Crippen molar-refractivity contribution in [2.75, 3.05) is 6.54 Å². The Morgan fingerprint density at radius 2 is 1.87 bits per heavy atom. The Labute approximate surface area is 95.2 Å². The van der Waals surface area contributed by atoms with E-state index < -0.39 is 0 Å². The topological polar surface area (TPSA) is 43.1 Å². The van der Waals surface area contributed by atoms with Gasteiger partial charge in [0, 0.05) is 11.3 Å². The van der Waals surface area contributed by atoms with Gasteiger partial charge in [0.15, 0.2) is 5.12 Å². The molecule has 0 atom stereocenters. The molecule has 0 saturated carbocycles. The normalized spacial score (nSPS) is 10.2. The molecule has 0 fully saturated rings. The van der Waals surface area contributed by atoms with E-state index >= 15 is 0 Å². The van der Waals surface area contributed by atoms with Crippen LogP contribution in [0, 0.1) is 0 Å². The average molecular weight is 223 g/mol. The van der Waals surface area contributed by atoms with Crippen LogP contribution in [0.25, 0.3) is 0 Å².